The molecule has 0 aliphatic heterocycles. The lowest BCUT2D eigenvalue weighted by Gasteiger charge is -2.19. The lowest BCUT2D eigenvalue weighted by Crippen LogP contribution is -2.30. The van der Waals surface area contributed by atoms with E-state index in [1.165, 1.54) is 0 Å². The standard InChI is InChI=1S/C21H26N2O4/c1-4-23(5-2)21(25)16-8-7-9-17(14-16)22-20(24)15-27-19-12-10-18(11-13-19)26-6-3/h7-14H,4-6,15H2,1-3H3,(H,22,24). The first-order chi connectivity index (χ1) is 13.1. The number of nitrogens with zero attached hydrogens (tertiary/aromatic N) is 1. The lowest BCUT2D eigenvalue weighted by molar-refractivity contribution is -0.118. The molecule has 0 atom stereocenters. The van der Waals surface area contributed by atoms with E-state index in [4.69, 9.17) is 9.47 Å². The summed E-state index contributed by atoms with van der Waals surface area (Å²) in [6.07, 6.45) is 0. The first kappa shape index (κ1) is 20.3. The molecular weight excluding hydrogens is 344 g/mol. The topological polar surface area (TPSA) is 67.9 Å². The summed E-state index contributed by atoms with van der Waals surface area (Å²) in [7, 11) is 0. The maximum atomic E-state index is 12.4. The molecule has 0 bridgehead atoms. The summed E-state index contributed by atoms with van der Waals surface area (Å²) < 4.78 is 10.8. The van der Waals surface area contributed by atoms with Crippen molar-refractivity contribution in [3.05, 3.63) is 54.1 Å². The molecule has 0 aliphatic carbocycles. The monoisotopic (exact) mass is 370 g/mol. The van der Waals surface area contributed by atoms with Crippen LogP contribution in [0.5, 0.6) is 11.5 Å². The van der Waals surface area contributed by atoms with E-state index in [0.717, 1.165) is 5.75 Å². The van der Waals surface area contributed by atoms with Gasteiger partial charge in [0.15, 0.2) is 6.61 Å². The van der Waals surface area contributed by atoms with Gasteiger partial charge in [-0.2, -0.15) is 0 Å². The number of ether oxygens (including phenoxy) is 2. The molecule has 2 amide bonds. The first-order valence-electron chi connectivity index (χ1n) is 9.12. The molecule has 6 nitrogen and oxygen atoms in total. The van der Waals surface area contributed by atoms with Crippen molar-refractivity contribution in [3.8, 4) is 11.5 Å². The molecule has 144 valence electrons. The van der Waals surface area contributed by atoms with E-state index in [1.54, 1.807) is 53.4 Å². The zero-order valence-electron chi connectivity index (χ0n) is 16.0. The van der Waals surface area contributed by atoms with E-state index in [-0.39, 0.29) is 18.4 Å². The van der Waals surface area contributed by atoms with E-state index in [2.05, 4.69) is 5.32 Å². The van der Waals surface area contributed by atoms with E-state index < -0.39 is 0 Å². The van der Waals surface area contributed by atoms with Gasteiger partial charge in [0, 0.05) is 24.3 Å². The van der Waals surface area contributed by atoms with Crippen LogP contribution in [-0.2, 0) is 4.79 Å². The molecular formula is C21H26N2O4. The number of nitrogens with one attached hydrogen (secondary N) is 1. The molecule has 2 rings (SSSR count). The van der Waals surface area contributed by atoms with Crippen molar-refractivity contribution in [3.63, 3.8) is 0 Å². The van der Waals surface area contributed by atoms with Crippen LogP contribution in [0.25, 0.3) is 0 Å². The minimum absolute atomic E-state index is 0.0539. The maximum absolute atomic E-state index is 12.4. The van der Waals surface area contributed by atoms with Gasteiger partial charge >= 0.3 is 0 Å². The van der Waals surface area contributed by atoms with Crippen LogP contribution in [0.1, 0.15) is 31.1 Å². The number of anilines is 1. The van der Waals surface area contributed by atoms with Crippen LogP contribution in [0.15, 0.2) is 48.5 Å². The van der Waals surface area contributed by atoms with Gasteiger partial charge in [-0.05, 0) is 63.2 Å². The molecule has 0 radical (unpaired) electrons. The second-order valence-corrected chi connectivity index (χ2v) is 5.80. The van der Waals surface area contributed by atoms with E-state index >= 15 is 0 Å². The quantitative estimate of drug-likeness (QED) is 0.732. The molecule has 27 heavy (non-hydrogen) atoms. The average Bonchev–Trinajstić information content (AvgIpc) is 2.69. The number of carbonyl (C=O) groups is 2. The Labute approximate surface area is 160 Å². The molecule has 0 aromatic heterocycles. The number of benzene rings is 2. The van der Waals surface area contributed by atoms with Crippen LogP contribution < -0.4 is 14.8 Å². The molecule has 0 saturated heterocycles. The van der Waals surface area contributed by atoms with E-state index in [1.807, 2.05) is 20.8 Å². The minimum Gasteiger partial charge on any atom is -0.494 e. The van der Waals surface area contributed by atoms with Gasteiger partial charge in [0.2, 0.25) is 0 Å². The summed E-state index contributed by atoms with van der Waals surface area (Å²) in [5.74, 6) is 0.987. The van der Waals surface area contributed by atoms with Gasteiger partial charge in [0.1, 0.15) is 11.5 Å². The van der Waals surface area contributed by atoms with Crippen molar-refractivity contribution in [2.45, 2.75) is 20.8 Å². The van der Waals surface area contributed by atoms with Crippen molar-refractivity contribution in [2.75, 3.05) is 31.6 Å². The largest absolute Gasteiger partial charge is 0.494 e. The second kappa shape index (κ2) is 10.2. The zero-order chi connectivity index (χ0) is 19.6. The van der Waals surface area contributed by atoms with E-state index in [9.17, 15) is 9.59 Å². The fraction of sp³-hybridized carbons (Fsp3) is 0.333. The van der Waals surface area contributed by atoms with E-state index in [0.29, 0.717) is 36.7 Å². The normalized spacial score (nSPS) is 10.2. The van der Waals surface area contributed by atoms with Gasteiger partial charge in [0.25, 0.3) is 11.8 Å². The zero-order valence-corrected chi connectivity index (χ0v) is 16.0. The number of amides is 2. The third-order valence-corrected chi connectivity index (χ3v) is 3.95. The molecule has 0 fully saturated rings. The predicted octanol–water partition coefficient (Wildman–Crippen LogP) is 3.58. The Kier molecular flexibility index (Phi) is 7.67. The molecule has 6 heteroatoms. The van der Waals surface area contributed by atoms with Crippen LogP contribution in [0.4, 0.5) is 5.69 Å². The van der Waals surface area contributed by atoms with Crippen molar-refractivity contribution in [2.24, 2.45) is 0 Å². The van der Waals surface area contributed by atoms with Gasteiger partial charge in [-0.1, -0.05) is 6.07 Å². The second-order valence-electron chi connectivity index (χ2n) is 5.80. The summed E-state index contributed by atoms with van der Waals surface area (Å²) in [6, 6.07) is 14.0. The average molecular weight is 370 g/mol. The highest BCUT2D eigenvalue weighted by Gasteiger charge is 2.13. The highest BCUT2D eigenvalue weighted by Crippen LogP contribution is 2.18. The van der Waals surface area contributed by atoms with Gasteiger partial charge in [-0.15, -0.1) is 0 Å². The van der Waals surface area contributed by atoms with Crippen molar-refractivity contribution in [1.82, 2.24) is 4.90 Å². The Morgan fingerprint density at radius 1 is 0.926 bits per heavy atom. The summed E-state index contributed by atoms with van der Waals surface area (Å²) in [5, 5.41) is 2.75. The summed E-state index contributed by atoms with van der Waals surface area (Å²) >= 11 is 0. The molecule has 0 saturated carbocycles. The molecule has 0 spiro atoms. The number of hydrogen-bond acceptors (Lipinski definition) is 4. The smallest absolute Gasteiger partial charge is 0.262 e. The highest BCUT2D eigenvalue weighted by molar-refractivity contribution is 5.97. The minimum atomic E-state index is -0.295. The summed E-state index contributed by atoms with van der Waals surface area (Å²) in [4.78, 5) is 26.3. The third kappa shape index (κ3) is 6.02. The number of rotatable bonds is 9. The van der Waals surface area contributed by atoms with Crippen LogP contribution in [-0.4, -0.2) is 43.0 Å². The Balaban J connectivity index is 1.91. The van der Waals surface area contributed by atoms with Crippen LogP contribution >= 0.6 is 0 Å². The van der Waals surface area contributed by atoms with Crippen LogP contribution in [0.3, 0.4) is 0 Å². The van der Waals surface area contributed by atoms with Gasteiger partial charge < -0.3 is 19.7 Å². The number of carbonyl (C=O) groups excluding carboxylic acids is 2. The predicted molar refractivity (Wildman–Crippen MR) is 105 cm³/mol. The summed E-state index contributed by atoms with van der Waals surface area (Å²) in [6.45, 7) is 7.54. The fourth-order valence-electron chi connectivity index (χ4n) is 2.57. The van der Waals surface area contributed by atoms with Crippen molar-refractivity contribution >= 4 is 17.5 Å². The molecule has 0 heterocycles. The van der Waals surface area contributed by atoms with Crippen molar-refractivity contribution < 1.29 is 19.1 Å². The summed E-state index contributed by atoms with van der Waals surface area (Å²) in [5.41, 5.74) is 1.11. The molecule has 0 aliphatic rings. The Morgan fingerprint density at radius 2 is 1.56 bits per heavy atom. The van der Waals surface area contributed by atoms with Gasteiger partial charge in [-0.25, -0.2) is 0 Å². The number of hydrogen-bond donors (Lipinski definition) is 1. The molecule has 2 aromatic rings. The Bertz CT molecular complexity index is 755. The van der Waals surface area contributed by atoms with Gasteiger partial charge in [0.05, 0.1) is 6.61 Å². The lowest BCUT2D eigenvalue weighted by atomic mass is 10.1. The van der Waals surface area contributed by atoms with Gasteiger partial charge in [-0.3, -0.25) is 9.59 Å². The highest BCUT2D eigenvalue weighted by atomic mass is 16.5. The maximum Gasteiger partial charge on any atom is 0.262 e. The SMILES string of the molecule is CCOc1ccc(OCC(=O)Nc2cccc(C(=O)N(CC)CC)c2)cc1. The Hall–Kier alpha value is -3.02. The molecule has 0 unspecified atom stereocenters. The molecule has 2 aromatic carbocycles. The molecule has 1 N–H and O–H groups in total. The third-order valence-electron chi connectivity index (χ3n) is 3.95. The van der Waals surface area contributed by atoms with Crippen LogP contribution in [0.2, 0.25) is 0 Å². The Morgan fingerprint density at radius 3 is 2.15 bits per heavy atom. The van der Waals surface area contributed by atoms with Crippen molar-refractivity contribution in [1.29, 1.82) is 0 Å². The first-order valence-corrected chi connectivity index (χ1v) is 9.12. The van der Waals surface area contributed by atoms with Crippen LogP contribution in [0, 0.1) is 0 Å². The fourth-order valence-corrected chi connectivity index (χ4v) is 2.57.